The Hall–Kier alpha value is -1.86. The summed E-state index contributed by atoms with van der Waals surface area (Å²) in [7, 11) is 1.64. The van der Waals surface area contributed by atoms with Gasteiger partial charge in [0, 0.05) is 31.8 Å². The summed E-state index contributed by atoms with van der Waals surface area (Å²) in [5.41, 5.74) is 2.20. The fourth-order valence-corrected chi connectivity index (χ4v) is 4.03. The Labute approximate surface area is 161 Å². The number of aromatic nitrogens is 1. The molecular weight excluding hydrogens is 346 g/mol. The van der Waals surface area contributed by atoms with Crippen molar-refractivity contribution in [1.82, 2.24) is 9.88 Å². The van der Waals surface area contributed by atoms with Crippen molar-refractivity contribution in [3.05, 3.63) is 22.9 Å². The van der Waals surface area contributed by atoms with Gasteiger partial charge in [-0.05, 0) is 52.7 Å². The highest BCUT2D eigenvalue weighted by Gasteiger charge is 2.42. The number of amides is 1. The first-order chi connectivity index (χ1) is 12.6. The molecule has 1 aromatic rings. The maximum Gasteiger partial charge on any atom is 0.410 e. The molecule has 0 aliphatic carbocycles. The molecule has 7 nitrogen and oxygen atoms in total. The number of nitrogens with zero attached hydrogens (tertiary/aromatic N) is 3. The topological polar surface area (TPSA) is 75.1 Å². The molecule has 0 radical (unpaired) electrons. The quantitative estimate of drug-likeness (QED) is 0.873. The molecule has 0 saturated carbocycles. The summed E-state index contributed by atoms with van der Waals surface area (Å²) in [5.74, 6) is 0.951. The Morgan fingerprint density at radius 1 is 1.41 bits per heavy atom. The largest absolute Gasteiger partial charge is 0.444 e. The van der Waals surface area contributed by atoms with Crippen LogP contribution in [-0.2, 0) is 22.5 Å². The summed E-state index contributed by atoms with van der Waals surface area (Å²) in [5, 5.41) is 9.75. The van der Waals surface area contributed by atoms with Gasteiger partial charge >= 0.3 is 6.09 Å². The van der Waals surface area contributed by atoms with Gasteiger partial charge in [-0.3, -0.25) is 0 Å². The van der Waals surface area contributed by atoms with Gasteiger partial charge in [-0.15, -0.1) is 0 Å². The van der Waals surface area contributed by atoms with Gasteiger partial charge in [-0.2, -0.15) is 0 Å². The minimum Gasteiger partial charge on any atom is -0.444 e. The number of fused-ring (bicyclic) bond motifs is 3. The van der Waals surface area contributed by atoms with Gasteiger partial charge in [0.05, 0.1) is 24.4 Å². The molecule has 0 aromatic carbocycles. The fourth-order valence-electron chi connectivity index (χ4n) is 4.03. The Morgan fingerprint density at radius 3 is 2.70 bits per heavy atom. The highest BCUT2D eigenvalue weighted by atomic mass is 16.6. The summed E-state index contributed by atoms with van der Waals surface area (Å²) in [6, 6.07) is 2.34. The number of carbonyl (C=O) groups is 1. The second kappa shape index (κ2) is 7.28. The van der Waals surface area contributed by atoms with Gasteiger partial charge in [-0.1, -0.05) is 0 Å². The molecule has 2 aliphatic rings. The lowest BCUT2D eigenvalue weighted by molar-refractivity contribution is 0.0191. The third-order valence-corrected chi connectivity index (χ3v) is 5.24. The lowest BCUT2D eigenvalue weighted by Gasteiger charge is -2.43. The number of hydrogen-bond donors (Lipinski definition) is 1. The van der Waals surface area contributed by atoms with Crippen molar-refractivity contribution in [3.63, 3.8) is 0 Å². The molecule has 7 heteroatoms. The van der Waals surface area contributed by atoms with Crippen molar-refractivity contribution in [2.45, 2.75) is 71.4 Å². The summed E-state index contributed by atoms with van der Waals surface area (Å²) in [6.45, 7) is 10.8. The molecule has 150 valence electrons. The molecule has 1 amide bonds. The maximum atomic E-state index is 12.5. The second-order valence-electron chi connectivity index (χ2n) is 8.55. The third kappa shape index (κ3) is 3.89. The number of aliphatic hydroxyl groups is 1. The Kier molecular flexibility index (Phi) is 5.36. The summed E-state index contributed by atoms with van der Waals surface area (Å²) >= 11 is 0. The van der Waals surface area contributed by atoms with Crippen LogP contribution in [0.5, 0.6) is 0 Å². The molecule has 1 N–H and O–H groups in total. The highest BCUT2D eigenvalue weighted by molar-refractivity contribution is 5.69. The van der Waals surface area contributed by atoms with Crippen LogP contribution in [0, 0.1) is 0 Å². The van der Waals surface area contributed by atoms with Gasteiger partial charge < -0.3 is 24.4 Å². The molecule has 1 fully saturated rings. The second-order valence-corrected chi connectivity index (χ2v) is 8.55. The van der Waals surface area contributed by atoms with Gasteiger partial charge in [0.25, 0.3) is 0 Å². The van der Waals surface area contributed by atoms with E-state index in [0.717, 1.165) is 29.1 Å². The number of pyridine rings is 1. The first kappa shape index (κ1) is 19.9. The zero-order valence-corrected chi connectivity index (χ0v) is 17.2. The van der Waals surface area contributed by atoms with Gasteiger partial charge in [-0.25, -0.2) is 9.78 Å². The lowest BCUT2D eigenvalue weighted by Crippen LogP contribution is -2.58. The highest BCUT2D eigenvalue weighted by Crippen LogP contribution is 2.38. The van der Waals surface area contributed by atoms with E-state index < -0.39 is 5.60 Å². The number of methoxy groups -OCH3 is 1. The standard InChI is InChI=1S/C20H31N3O4/c1-12-9-22(19(25)27-20(3,4)5)10-16-8-14-7-15(11-24)17(13(2)26-6)21-18(14)23(12)16/h7,12-13,16,24H,8-11H2,1-6H3/t12-,13+,16-/m1/s1. The molecule has 3 atom stereocenters. The summed E-state index contributed by atoms with van der Waals surface area (Å²) < 4.78 is 11.0. The smallest absolute Gasteiger partial charge is 0.410 e. The van der Waals surface area contributed by atoms with Crippen LogP contribution in [0.15, 0.2) is 6.07 Å². The molecule has 0 unspecified atom stereocenters. The van der Waals surface area contributed by atoms with E-state index in [2.05, 4.69) is 11.8 Å². The molecule has 2 aliphatic heterocycles. The molecule has 3 heterocycles. The van der Waals surface area contributed by atoms with Crippen LogP contribution in [0.1, 0.15) is 57.5 Å². The van der Waals surface area contributed by atoms with Crippen LogP contribution in [-0.4, -0.2) is 59.0 Å². The fraction of sp³-hybridized carbons (Fsp3) is 0.700. The van der Waals surface area contributed by atoms with E-state index in [0.29, 0.717) is 13.1 Å². The third-order valence-electron chi connectivity index (χ3n) is 5.24. The number of hydrogen-bond acceptors (Lipinski definition) is 6. The first-order valence-electron chi connectivity index (χ1n) is 9.57. The SMILES string of the molecule is CO[C@@H](C)c1nc2c(cc1CO)C[C@@H]1CN(C(=O)OC(C)(C)C)C[C@@H](C)N21. The van der Waals surface area contributed by atoms with Crippen LogP contribution >= 0.6 is 0 Å². The van der Waals surface area contributed by atoms with E-state index in [1.165, 1.54) is 0 Å². The maximum absolute atomic E-state index is 12.5. The number of anilines is 1. The molecule has 0 bridgehead atoms. The predicted molar refractivity (Wildman–Crippen MR) is 103 cm³/mol. The Balaban J connectivity index is 1.85. The van der Waals surface area contributed by atoms with Crippen LogP contribution < -0.4 is 4.90 Å². The van der Waals surface area contributed by atoms with Crippen LogP contribution in [0.25, 0.3) is 0 Å². The van der Waals surface area contributed by atoms with Crippen molar-refractivity contribution < 1.29 is 19.4 Å². The Morgan fingerprint density at radius 2 is 2.11 bits per heavy atom. The number of carbonyl (C=O) groups excluding carboxylic acids is 1. The van der Waals surface area contributed by atoms with E-state index in [1.807, 2.05) is 33.8 Å². The summed E-state index contributed by atoms with van der Waals surface area (Å²) in [6.07, 6.45) is 0.359. The van der Waals surface area contributed by atoms with Crippen LogP contribution in [0.2, 0.25) is 0 Å². The van der Waals surface area contributed by atoms with E-state index >= 15 is 0 Å². The zero-order valence-electron chi connectivity index (χ0n) is 17.2. The van der Waals surface area contributed by atoms with Crippen LogP contribution in [0.3, 0.4) is 0 Å². The van der Waals surface area contributed by atoms with Crippen molar-refractivity contribution in [2.75, 3.05) is 25.1 Å². The lowest BCUT2D eigenvalue weighted by atomic mass is 10.0. The monoisotopic (exact) mass is 377 g/mol. The van der Waals surface area contributed by atoms with E-state index in [1.54, 1.807) is 12.0 Å². The molecule has 3 rings (SSSR count). The van der Waals surface area contributed by atoms with Gasteiger partial charge in [0.2, 0.25) is 0 Å². The predicted octanol–water partition coefficient (Wildman–Crippen LogP) is 2.65. The van der Waals surface area contributed by atoms with Gasteiger partial charge in [0.1, 0.15) is 11.4 Å². The van der Waals surface area contributed by atoms with E-state index in [-0.39, 0.29) is 30.9 Å². The number of rotatable bonds is 3. The average molecular weight is 377 g/mol. The number of piperazine rings is 1. The molecule has 1 saturated heterocycles. The van der Waals surface area contributed by atoms with Crippen molar-refractivity contribution >= 4 is 11.9 Å². The number of ether oxygens (including phenoxy) is 2. The van der Waals surface area contributed by atoms with Gasteiger partial charge in [0.15, 0.2) is 0 Å². The summed E-state index contributed by atoms with van der Waals surface area (Å²) in [4.78, 5) is 21.5. The van der Waals surface area contributed by atoms with E-state index in [4.69, 9.17) is 14.5 Å². The molecule has 1 aromatic heterocycles. The zero-order chi connectivity index (χ0) is 19.9. The average Bonchev–Trinajstić information content (AvgIpc) is 2.96. The molecular formula is C20H31N3O4. The van der Waals surface area contributed by atoms with E-state index in [9.17, 15) is 9.90 Å². The molecule has 0 spiro atoms. The van der Waals surface area contributed by atoms with Crippen molar-refractivity contribution in [1.29, 1.82) is 0 Å². The normalized spacial score (nSPS) is 23.1. The minimum absolute atomic E-state index is 0.0619. The molecule has 27 heavy (non-hydrogen) atoms. The number of aliphatic hydroxyl groups excluding tert-OH is 1. The van der Waals surface area contributed by atoms with Crippen molar-refractivity contribution in [2.24, 2.45) is 0 Å². The minimum atomic E-state index is -0.501. The van der Waals surface area contributed by atoms with Crippen LogP contribution in [0.4, 0.5) is 10.6 Å². The first-order valence-corrected chi connectivity index (χ1v) is 9.57. The Bertz CT molecular complexity index is 716. The van der Waals surface area contributed by atoms with Crippen molar-refractivity contribution in [3.8, 4) is 0 Å².